The van der Waals surface area contributed by atoms with E-state index in [9.17, 15) is 14.7 Å². The molecular formula is C25H28N3O7+. The predicted molar refractivity (Wildman–Crippen MR) is 127 cm³/mol. The van der Waals surface area contributed by atoms with Crippen molar-refractivity contribution in [3.05, 3.63) is 65.6 Å². The third kappa shape index (κ3) is 4.84. The number of aliphatic imine (C=N–C) groups is 1. The average molecular weight is 483 g/mol. The van der Waals surface area contributed by atoms with E-state index >= 15 is 0 Å². The van der Waals surface area contributed by atoms with Crippen LogP contribution < -0.4 is 19.3 Å². The lowest BCUT2D eigenvalue weighted by Crippen LogP contribution is -2.56. The fourth-order valence-electron chi connectivity index (χ4n) is 4.25. The van der Waals surface area contributed by atoms with Crippen molar-refractivity contribution in [1.29, 1.82) is 0 Å². The van der Waals surface area contributed by atoms with Crippen molar-refractivity contribution in [3.63, 3.8) is 0 Å². The molecule has 0 saturated carbocycles. The minimum atomic E-state index is -1.24. The van der Waals surface area contributed by atoms with Crippen LogP contribution in [0.3, 0.4) is 0 Å². The standard InChI is InChI=1S/C25H27N3O7/c1-16(2)12-28(18-9-10-19-20(11-18)35-15-34-19)22(24(30)31)23(27-25(28)32-3)26-21(29)14-33-13-17-7-5-4-6-8-17/h4-11,16H,12-15H2,1-3H3,(H-,26,29,30,31)/p+1. The van der Waals surface area contributed by atoms with Crippen LogP contribution in [0.2, 0.25) is 0 Å². The van der Waals surface area contributed by atoms with Crippen LogP contribution >= 0.6 is 0 Å². The summed E-state index contributed by atoms with van der Waals surface area (Å²) in [4.78, 5) is 29.7. The van der Waals surface area contributed by atoms with E-state index in [1.165, 1.54) is 7.11 Å². The Hall–Kier alpha value is -3.89. The number of nitrogens with zero attached hydrogens (tertiary/aromatic N) is 2. The molecule has 1 atom stereocenters. The van der Waals surface area contributed by atoms with Gasteiger partial charge in [0.1, 0.15) is 6.61 Å². The first-order valence-electron chi connectivity index (χ1n) is 11.2. The Balaban J connectivity index is 1.66. The van der Waals surface area contributed by atoms with Crippen LogP contribution in [0.5, 0.6) is 11.5 Å². The second-order valence-corrected chi connectivity index (χ2v) is 8.55. The van der Waals surface area contributed by atoms with Crippen LogP contribution in [0.4, 0.5) is 5.69 Å². The molecule has 2 aliphatic rings. The number of quaternary nitrogens is 1. The molecule has 1 amide bonds. The Morgan fingerprint density at radius 2 is 1.89 bits per heavy atom. The van der Waals surface area contributed by atoms with Gasteiger partial charge >= 0.3 is 12.0 Å². The number of carboxylic acid groups (broad SMARTS) is 1. The maximum atomic E-state index is 12.7. The molecule has 0 fully saturated rings. The lowest BCUT2D eigenvalue weighted by molar-refractivity contribution is -0.134. The second-order valence-electron chi connectivity index (χ2n) is 8.55. The Labute approximate surface area is 203 Å². The Bertz CT molecular complexity index is 1180. The summed E-state index contributed by atoms with van der Waals surface area (Å²) >= 11 is 0. The maximum Gasteiger partial charge on any atom is 0.411 e. The summed E-state index contributed by atoms with van der Waals surface area (Å²) < 4.78 is 21.7. The van der Waals surface area contributed by atoms with Crippen molar-refractivity contribution in [2.75, 3.05) is 27.1 Å². The first-order valence-corrected chi connectivity index (χ1v) is 11.2. The van der Waals surface area contributed by atoms with E-state index < -0.39 is 11.9 Å². The maximum absolute atomic E-state index is 12.7. The Kier molecular flexibility index (Phi) is 7.04. The van der Waals surface area contributed by atoms with Crippen LogP contribution in [-0.4, -0.2) is 50.1 Å². The van der Waals surface area contributed by atoms with Gasteiger partial charge in [0.15, 0.2) is 17.2 Å². The molecule has 2 heterocycles. The lowest BCUT2D eigenvalue weighted by atomic mass is 10.1. The van der Waals surface area contributed by atoms with Gasteiger partial charge in [0.05, 0.1) is 20.3 Å². The highest BCUT2D eigenvalue weighted by atomic mass is 16.7. The quantitative estimate of drug-likeness (QED) is 0.528. The molecule has 0 aliphatic carbocycles. The van der Waals surface area contributed by atoms with Crippen molar-refractivity contribution < 1.29 is 33.6 Å². The number of benzene rings is 2. The van der Waals surface area contributed by atoms with Gasteiger partial charge in [0, 0.05) is 18.1 Å². The molecule has 4 rings (SSSR count). The molecule has 2 aromatic carbocycles. The monoisotopic (exact) mass is 482 g/mol. The number of amidine groups is 1. The average Bonchev–Trinajstić information content (AvgIpc) is 3.41. The fourth-order valence-corrected chi connectivity index (χ4v) is 4.25. The molecular weight excluding hydrogens is 454 g/mol. The van der Waals surface area contributed by atoms with Crippen LogP contribution in [0.15, 0.2) is 65.0 Å². The van der Waals surface area contributed by atoms with E-state index in [2.05, 4.69) is 10.3 Å². The van der Waals surface area contributed by atoms with Gasteiger partial charge < -0.3 is 29.4 Å². The number of carboxylic acids is 1. The molecule has 184 valence electrons. The number of rotatable bonds is 9. The first kappa shape index (κ1) is 24.2. The van der Waals surface area contributed by atoms with Gasteiger partial charge in [0.25, 0.3) is 11.6 Å². The highest BCUT2D eigenvalue weighted by Gasteiger charge is 2.54. The summed E-state index contributed by atoms with van der Waals surface area (Å²) in [7, 11) is 1.42. The molecule has 0 saturated heterocycles. The third-order valence-corrected chi connectivity index (χ3v) is 5.56. The summed E-state index contributed by atoms with van der Waals surface area (Å²) in [5, 5.41) is 12.9. The first-order chi connectivity index (χ1) is 16.8. The van der Waals surface area contributed by atoms with E-state index in [-0.39, 0.29) is 47.9 Å². The molecule has 10 nitrogen and oxygen atoms in total. The molecule has 2 N–H and O–H groups in total. The molecule has 0 spiro atoms. The second kappa shape index (κ2) is 10.2. The molecule has 10 heteroatoms. The van der Waals surface area contributed by atoms with Gasteiger partial charge in [-0.05, 0) is 11.6 Å². The van der Waals surface area contributed by atoms with Crippen LogP contribution in [0.25, 0.3) is 0 Å². The molecule has 2 aliphatic heterocycles. The summed E-state index contributed by atoms with van der Waals surface area (Å²) in [6, 6.07) is 14.7. The normalized spacial score (nSPS) is 18.6. The zero-order valence-corrected chi connectivity index (χ0v) is 19.8. The molecule has 35 heavy (non-hydrogen) atoms. The molecule has 0 radical (unpaired) electrons. The van der Waals surface area contributed by atoms with Crippen molar-refractivity contribution in [3.8, 4) is 11.5 Å². The van der Waals surface area contributed by atoms with E-state index in [1.807, 2.05) is 44.2 Å². The van der Waals surface area contributed by atoms with Gasteiger partial charge in [-0.2, -0.15) is 4.48 Å². The number of hydrogen-bond donors (Lipinski definition) is 2. The van der Waals surface area contributed by atoms with Gasteiger partial charge in [0.2, 0.25) is 12.6 Å². The summed E-state index contributed by atoms with van der Waals surface area (Å²) in [6.07, 6.45) is 0. The highest BCUT2D eigenvalue weighted by molar-refractivity contribution is 6.05. The molecule has 0 bridgehead atoms. The van der Waals surface area contributed by atoms with Crippen molar-refractivity contribution in [2.45, 2.75) is 20.5 Å². The third-order valence-electron chi connectivity index (χ3n) is 5.56. The SMILES string of the molecule is COC1=NC(NC(=O)COCc2ccccc2)=C(C(=O)O)[N+]1(CC(C)C)c1ccc2c(c1)OCO2. The number of hydrogen-bond acceptors (Lipinski definition) is 7. The Morgan fingerprint density at radius 3 is 2.57 bits per heavy atom. The number of carbonyl (C=O) groups excluding carboxylic acids is 1. The number of methoxy groups -OCH3 is 1. The Morgan fingerprint density at radius 1 is 1.14 bits per heavy atom. The molecule has 2 aromatic rings. The number of amides is 1. The van der Waals surface area contributed by atoms with Gasteiger partial charge in [-0.15, -0.1) is 4.99 Å². The summed E-state index contributed by atoms with van der Waals surface area (Å²) in [5.74, 6) is -0.753. The molecule has 1 unspecified atom stereocenters. The number of carbonyl (C=O) groups is 2. The minimum absolute atomic E-state index is 0.0411. The minimum Gasteiger partial charge on any atom is -0.474 e. The van der Waals surface area contributed by atoms with Gasteiger partial charge in [-0.25, -0.2) is 4.79 Å². The lowest BCUT2D eigenvalue weighted by Gasteiger charge is -2.34. The smallest absolute Gasteiger partial charge is 0.411 e. The van der Waals surface area contributed by atoms with Crippen molar-refractivity contribution >= 4 is 23.6 Å². The predicted octanol–water partition coefficient (Wildman–Crippen LogP) is 2.98. The number of fused-ring (bicyclic) bond motifs is 1. The molecule has 0 aromatic heterocycles. The summed E-state index contributed by atoms with van der Waals surface area (Å²) in [6.45, 7) is 4.31. The highest BCUT2D eigenvalue weighted by Crippen LogP contribution is 2.43. The van der Waals surface area contributed by atoms with Crippen molar-refractivity contribution in [2.24, 2.45) is 10.9 Å². The van der Waals surface area contributed by atoms with Gasteiger partial charge in [-0.1, -0.05) is 44.2 Å². The van der Waals surface area contributed by atoms with E-state index in [0.29, 0.717) is 23.7 Å². The summed E-state index contributed by atoms with van der Waals surface area (Å²) in [5.41, 5.74) is 1.35. The van der Waals surface area contributed by atoms with E-state index in [0.717, 1.165) is 5.56 Å². The zero-order valence-electron chi connectivity index (χ0n) is 19.8. The fraction of sp³-hybridized carbons (Fsp3) is 0.320. The van der Waals surface area contributed by atoms with Crippen molar-refractivity contribution in [1.82, 2.24) is 9.80 Å². The number of nitrogens with one attached hydrogen (secondary N) is 1. The van der Waals surface area contributed by atoms with Crippen LogP contribution in [-0.2, 0) is 25.7 Å². The van der Waals surface area contributed by atoms with Crippen LogP contribution in [0, 0.1) is 5.92 Å². The number of aliphatic carboxylic acids is 1. The zero-order chi connectivity index (χ0) is 25.0. The largest absolute Gasteiger partial charge is 0.474 e. The topological polar surface area (TPSA) is 116 Å². The van der Waals surface area contributed by atoms with Crippen LogP contribution in [0.1, 0.15) is 19.4 Å². The van der Waals surface area contributed by atoms with E-state index in [1.54, 1.807) is 18.2 Å². The number of ether oxygens (including phenoxy) is 4. The van der Waals surface area contributed by atoms with E-state index in [4.69, 9.17) is 18.9 Å². The van der Waals surface area contributed by atoms with Gasteiger partial charge in [-0.3, -0.25) is 4.79 Å².